The van der Waals surface area contributed by atoms with Crippen LogP contribution in [0, 0.1) is 6.92 Å². The highest BCUT2D eigenvalue weighted by atomic mass is 35.5. The Morgan fingerprint density at radius 3 is 2.87 bits per heavy atom. The van der Waals surface area contributed by atoms with Crippen molar-refractivity contribution in [1.29, 1.82) is 0 Å². The number of piperazine rings is 1. The van der Waals surface area contributed by atoms with Crippen molar-refractivity contribution in [3.8, 4) is 0 Å². The summed E-state index contributed by atoms with van der Waals surface area (Å²) < 4.78 is 5.28. The number of carbonyl (C=O) groups excluding carboxylic acids is 1. The first kappa shape index (κ1) is 16.0. The maximum absolute atomic E-state index is 12.6. The van der Waals surface area contributed by atoms with Gasteiger partial charge in [0, 0.05) is 24.7 Å². The van der Waals surface area contributed by atoms with E-state index in [0.29, 0.717) is 36.2 Å². The number of likely N-dealkylation sites (N-methyl/N-ethyl adjacent to an activating group) is 1. The molecule has 2 aromatic rings. The van der Waals surface area contributed by atoms with E-state index in [0.717, 1.165) is 12.1 Å². The first-order chi connectivity index (χ1) is 11.0. The highest BCUT2D eigenvalue weighted by molar-refractivity contribution is 6.31. The number of rotatable bonds is 3. The van der Waals surface area contributed by atoms with Crippen molar-refractivity contribution in [1.82, 2.24) is 19.9 Å². The Morgan fingerprint density at radius 2 is 2.17 bits per heavy atom. The molecule has 0 bridgehead atoms. The van der Waals surface area contributed by atoms with Gasteiger partial charge in [-0.05, 0) is 25.6 Å². The Hall–Kier alpha value is -1.92. The van der Waals surface area contributed by atoms with Crippen molar-refractivity contribution in [2.45, 2.75) is 19.4 Å². The summed E-state index contributed by atoms with van der Waals surface area (Å²) in [5.41, 5.74) is 0.850. The van der Waals surface area contributed by atoms with Crippen molar-refractivity contribution in [3.63, 3.8) is 0 Å². The highest BCUT2D eigenvalue weighted by Gasteiger charge is 2.32. The molecular formula is C16H19ClN4O2. The normalized spacial score (nSPS) is 19.1. The van der Waals surface area contributed by atoms with Gasteiger partial charge in [0.2, 0.25) is 11.8 Å². The molecule has 1 aromatic heterocycles. The Kier molecular flexibility index (Phi) is 4.63. The van der Waals surface area contributed by atoms with E-state index in [-0.39, 0.29) is 11.9 Å². The number of halogens is 1. The second-order valence-corrected chi connectivity index (χ2v) is 6.19. The number of benzene rings is 1. The lowest BCUT2D eigenvalue weighted by Crippen LogP contribution is -2.49. The molecule has 2 heterocycles. The monoisotopic (exact) mass is 334 g/mol. The second kappa shape index (κ2) is 6.68. The summed E-state index contributed by atoms with van der Waals surface area (Å²) in [6.07, 6.45) is 0.305. The van der Waals surface area contributed by atoms with Gasteiger partial charge < -0.3 is 9.42 Å². The van der Waals surface area contributed by atoms with Crippen LogP contribution >= 0.6 is 11.6 Å². The molecule has 1 fully saturated rings. The van der Waals surface area contributed by atoms with Crippen LogP contribution in [0.5, 0.6) is 0 Å². The van der Waals surface area contributed by atoms with Crippen LogP contribution in [0.4, 0.5) is 0 Å². The number of aromatic nitrogens is 2. The third kappa shape index (κ3) is 3.54. The zero-order valence-corrected chi connectivity index (χ0v) is 14.0. The zero-order chi connectivity index (χ0) is 16.4. The van der Waals surface area contributed by atoms with E-state index in [2.05, 4.69) is 15.0 Å². The molecule has 3 rings (SSSR count). The Morgan fingerprint density at radius 1 is 1.39 bits per heavy atom. The molecule has 1 atom stereocenters. The fourth-order valence-electron chi connectivity index (χ4n) is 2.73. The molecule has 0 N–H and O–H groups in total. The predicted octanol–water partition coefficient (Wildman–Crippen LogP) is 2.09. The van der Waals surface area contributed by atoms with E-state index < -0.39 is 0 Å². The molecule has 122 valence electrons. The average molecular weight is 335 g/mol. The summed E-state index contributed by atoms with van der Waals surface area (Å²) in [6.45, 7) is 3.78. The van der Waals surface area contributed by atoms with Gasteiger partial charge >= 0.3 is 0 Å². The molecule has 0 spiro atoms. The molecule has 1 aliphatic heterocycles. The van der Waals surface area contributed by atoms with Gasteiger partial charge in [-0.1, -0.05) is 35.0 Å². The summed E-state index contributed by atoms with van der Waals surface area (Å²) >= 11 is 6.15. The van der Waals surface area contributed by atoms with Crippen LogP contribution in [0.3, 0.4) is 0 Å². The van der Waals surface area contributed by atoms with E-state index >= 15 is 0 Å². The quantitative estimate of drug-likeness (QED) is 0.860. The standard InChI is InChI=1S/C16H19ClN4O2/c1-11-18-16(23-19-11)14-10-21(8-7-20(14)2)15(22)9-12-5-3-4-6-13(12)17/h3-6,14H,7-10H2,1-2H3. The Bertz CT molecular complexity index is 703. The maximum atomic E-state index is 12.6. The summed E-state index contributed by atoms with van der Waals surface area (Å²) in [6, 6.07) is 7.37. The largest absolute Gasteiger partial charge is 0.339 e. The summed E-state index contributed by atoms with van der Waals surface area (Å²) in [5.74, 6) is 1.22. The number of amides is 1. The highest BCUT2D eigenvalue weighted by Crippen LogP contribution is 2.24. The predicted molar refractivity (Wildman–Crippen MR) is 86.1 cm³/mol. The van der Waals surface area contributed by atoms with E-state index in [9.17, 15) is 4.79 Å². The van der Waals surface area contributed by atoms with Crippen molar-refractivity contribution in [2.24, 2.45) is 0 Å². The van der Waals surface area contributed by atoms with Crippen LogP contribution in [0.2, 0.25) is 5.02 Å². The van der Waals surface area contributed by atoms with Crippen LogP contribution in [-0.2, 0) is 11.2 Å². The molecule has 0 saturated carbocycles. The third-order valence-electron chi connectivity index (χ3n) is 4.13. The zero-order valence-electron chi connectivity index (χ0n) is 13.2. The molecule has 0 aliphatic carbocycles. The van der Waals surface area contributed by atoms with E-state index in [1.807, 2.05) is 30.1 Å². The fourth-order valence-corrected chi connectivity index (χ4v) is 2.93. The van der Waals surface area contributed by atoms with Gasteiger partial charge in [0.25, 0.3) is 0 Å². The molecule has 23 heavy (non-hydrogen) atoms. The maximum Gasteiger partial charge on any atom is 0.245 e. The number of hydrogen-bond acceptors (Lipinski definition) is 5. The molecule has 1 aliphatic rings. The van der Waals surface area contributed by atoms with Crippen LogP contribution in [-0.4, -0.2) is 52.5 Å². The van der Waals surface area contributed by atoms with Crippen molar-refractivity contribution < 1.29 is 9.32 Å². The Labute approximate surface area is 140 Å². The van der Waals surface area contributed by atoms with Crippen LogP contribution in [0.25, 0.3) is 0 Å². The smallest absolute Gasteiger partial charge is 0.245 e. The van der Waals surface area contributed by atoms with Gasteiger partial charge in [0.05, 0.1) is 6.42 Å². The van der Waals surface area contributed by atoms with Gasteiger partial charge in [-0.15, -0.1) is 0 Å². The molecule has 1 amide bonds. The van der Waals surface area contributed by atoms with Crippen LogP contribution < -0.4 is 0 Å². The van der Waals surface area contributed by atoms with E-state index in [1.54, 1.807) is 13.0 Å². The van der Waals surface area contributed by atoms with E-state index in [1.165, 1.54) is 0 Å². The molecule has 6 nitrogen and oxygen atoms in total. The lowest BCUT2D eigenvalue weighted by atomic mass is 10.1. The first-order valence-electron chi connectivity index (χ1n) is 7.56. The number of nitrogens with zero attached hydrogens (tertiary/aromatic N) is 4. The summed E-state index contributed by atoms with van der Waals surface area (Å²) in [7, 11) is 2.00. The number of carbonyl (C=O) groups is 1. The van der Waals surface area contributed by atoms with Crippen molar-refractivity contribution in [3.05, 3.63) is 46.6 Å². The van der Waals surface area contributed by atoms with Gasteiger partial charge in [-0.25, -0.2) is 0 Å². The number of aryl methyl sites for hydroxylation is 1. The van der Waals surface area contributed by atoms with Gasteiger partial charge in [-0.2, -0.15) is 4.98 Å². The lowest BCUT2D eigenvalue weighted by molar-refractivity contribution is -0.133. The average Bonchev–Trinajstić information content (AvgIpc) is 2.96. The van der Waals surface area contributed by atoms with Crippen molar-refractivity contribution in [2.75, 3.05) is 26.7 Å². The van der Waals surface area contributed by atoms with Crippen LogP contribution in [0.15, 0.2) is 28.8 Å². The minimum absolute atomic E-state index is 0.0624. The van der Waals surface area contributed by atoms with Crippen molar-refractivity contribution >= 4 is 17.5 Å². The molecule has 1 saturated heterocycles. The molecule has 7 heteroatoms. The first-order valence-corrected chi connectivity index (χ1v) is 7.94. The molecule has 0 radical (unpaired) electrons. The van der Waals surface area contributed by atoms with Gasteiger partial charge in [0.1, 0.15) is 6.04 Å². The Balaban J connectivity index is 1.71. The fraction of sp³-hybridized carbons (Fsp3) is 0.438. The van der Waals surface area contributed by atoms with Crippen LogP contribution in [0.1, 0.15) is 23.3 Å². The SMILES string of the molecule is Cc1noc(C2CN(C(=O)Cc3ccccc3Cl)CCN2C)n1. The minimum Gasteiger partial charge on any atom is -0.339 e. The lowest BCUT2D eigenvalue weighted by Gasteiger charge is -2.37. The van der Waals surface area contributed by atoms with Gasteiger partial charge in [-0.3, -0.25) is 9.69 Å². The molecular weight excluding hydrogens is 316 g/mol. The van der Waals surface area contributed by atoms with Gasteiger partial charge in [0.15, 0.2) is 5.82 Å². The summed E-state index contributed by atoms with van der Waals surface area (Å²) in [4.78, 5) is 20.9. The summed E-state index contributed by atoms with van der Waals surface area (Å²) in [5, 5.41) is 4.47. The topological polar surface area (TPSA) is 62.5 Å². The minimum atomic E-state index is -0.0693. The number of hydrogen-bond donors (Lipinski definition) is 0. The molecule has 1 unspecified atom stereocenters. The third-order valence-corrected chi connectivity index (χ3v) is 4.50. The molecule has 1 aromatic carbocycles. The van der Waals surface area contributed by atoms with E-state index in [4.69, 9.17) is 16.1 Å². The second-order valence-electron chi connectivity index (χ2n) is 5.78.